The van der Waals surface area contributed by atoms with Crippen LogP contribution in [0.3, 0.4) is 0 Å². The van der Waals surface area contributed by atoms with Gasteiger partial charge in [0.25, 0.3) is 0 Å². The van der Waals surface area contributed by atoms with E-state index in [4.69, 9.17) is 28.9 Å². The molecule has 0 saturated carbocycles. The first-order valence-electron chi connectivity index (χ1n) is 20.9. The lowest BCUT2D eigenvalue weighted by atomic mass is 9.85. The van der Waals surface area contributed by atoms with Crippen LogP contribution in [-0.4, -0.2) is 104 Å². The summed E-state index contributed by atoms with van der Waals surface area (Å²) in [7, 11) is 0. The average molecular weight is 897 g/mol. The van der Waals surface area contributed by atoms with Crippen LogP contribution in [0.5, 0.6) is 23.0 Å². The molecule has 64 heavy (non-hydrogen) atoms. The number of phenols is 1. The topological polar surface area (TPSA) is 189 Å². The van der Waals surface area contributed by atoms with Gasteiger partial charge in [0.2, 0.25) is 17.7 Å². The molecule has 0 radical (unpaired) electrons. The number of nitrogens with one attached hydrogen (secondary N) is 2. The van der Waals surface area contributed by atoms with E-state index < -0.39 is 47.4 Å². The first kappa shape index (κ1) is 47.4. The fourth-order valence-electron chi connectivity index (χ4n) is 7.06. The highest BCUT2D eigenvalue weighted by Gasteiger charge is 2.44. The van der Waals surface area contributed by atoms with Crippen molar-refractivity contribution < 1.29 is 52.7 Å². The summed E-state index contributed by atoms with van der Waals surface area (Å²) in [5.41, 5.74) is 1.35. The number of carbonyl (C=O) groups excluding carboxylic acids is 3. The SMILES string of the molecule is C[C@H](NC(=O)[C@@H]1C[C@@H](O)CN1C(=O)C(NC(=O)COCCOCCOCCOc1ccc(Oc2c(-c3ccc(F)cc3)sc3cc(O)ccc23)cc1)C(C)(C)C)c1ccc(C#N)cc1. The third kappa shape index (κ3) is 12.8. The minimum Gasteiger partial charge on any atom is -0.508 e. The van der Waals surface area contributed by atoms with E-state index in [1.165, 1.54) is 28.4 Å². The fourth-order valence-corrected chi connectivity index (χ4v) is 8.23. The second kappa shape index (κ2) is 22.0. The second-order valence-electron chi connectivity index (χ2n) is 16.4. The second-order valence-corrected chi connectivity index (χ2v) is 17.4. The maximum atomic E-state index is 13.9. The Morgan fingerprint density at radius 2 is 1.52 bits per heavy atom. The maximum absolute atomic E-state index is 13.9. The van der Waals surface area contributed by atoms with Crippen molar-refractivity contribution in [2.45, 2.75) is 58.3 Å². The number of aliphatic hydroxyl groups is 1. The molecule has 0 spiro atoms. The van der Waals surface area contributed by atoms with Crippen molar-refractivity contribution >= 4 is 39.1 Å². The Kier molecular flexibility index (Phi) is 16.3. The number of carbonyl (C=O) groups is 3. The molecule has 1 aliphatic heterocycles. The van der Waals surface area contributed by atoms with Crippen LogP contribution in [0.4, 0.5) is 4.39 Å². The van der Waals surface area contributed by atoms with Crippen molar-refractivity contribution in [3.8, 4) is 39.5 Å². The van der Waals surface area contributed by atoms with Gasteiger partial charge in [-0.3, -0.25) is 14.4 Å². The molecule has 6 rings (SSSR count). The molecule has 16 heteroatoms. The number of nitriles is 1. The Morgan fingerprint density at radius 1 is 0.875 bits per heavy atom. The molecule has 1 fully saturated rings. The first-order chi connectivity index (χ1) is 30.7. The van der Waals surface area contributed by atoms with Crippen LogP contribution in [0.25, 0.3) is 20.5 Å². The summed E-state index contributed by atoms with van der Waals surface area (Å²) < 4.78 is 43.3. The largest absolute Gasteiger partial charge is 0.508 e. The zero-order chi connectivity index (χ0) is 45.8. The summed E-state index contributed by atoms with van der Waals surface area (Å²) >= 11 is 1.45. The van der Waals surface area contributed by atoms with Gasteiger partial charge in [-0.2, -0.15) is 5.26 Å². The summed E-state index contributed by atoms with van der Waals surface area (Å²) in [6.07, 6.45) is -0.845. The molecular formula is C48H53FN4O10S. The van der Waals surface area contributed by atoms with Gasteiger partial charge in [0, 0.05) is 23.1 Å². The lowest BCUT2D eigenvalue weighted by molar-refractivity contribution is -0.144. The van der Waals surface area contributed by atoms with Crippen LogP contribution >= 0.6 is 11.3 Å². The van der Waals surface area contributed by atoms with Crippen molar-refractivity contribution in [1.82, 2.24) is 15.5 Å². The van der Waals surface area contributed by atoms with Crippen LogP contribution in [-0.2, 0) is 28.6 Å². The average Bonchev–Trinajstić information content (AvgIpc) is 3.84. The number of likely N-dealkylation sites (tertiary alicyclic amines) is 1. The van der Waals surface area contributed by atoms with Crippen molar-refractivity contribution in [3.05, 3.63) is 108 Å². The van der Waals surface area contributed by atoms with Crippen LogP contribution < -0.4 is 20.1 Å². The van der Waals surface area contributed by atoms with Gasteiger partial charge < -0.3 is 49.4 Å². The Balaban J connectivity index is 0.862. The number of rotatable bonds is 20. The number of amides is 3. The number of hydrogen-bond acceptors (Lipinski definition) is 12. The van der Waals surface area contributed by atoms with E-state index in [0.29, 0.717) is 49.2 Å². The van der Waals surface area contributed by atoms with Crippen LogP contribution in [0.2, 0.25) is 0 Å². The molecule has 4 aromatic carbocycles. The van der Waals surface area contributed by atoms with E-state index in [2.05, 4.69) is 16.7 Å². The summed E-state index contributed by atoms with van der Waals surface area (Å²) in [6.45, 7) is 8.40. The zero-order valence-corrected chi connectivity index (χ0v) is 37.0. The molecule has 1 saturated heterocycles. The number of β-amino-alcohol motifs (C(OH)–C–C–N with tert-alkyl or cyclic N) is 1. The molecule has 0 aliphatic carbocycles. The van der Waals surface area contributed by atoms with E-state index in [1.54, 1.807) is 107 Å². The minimum atomic E-state index is -0.996. The number of phenolic OH excluding ortho intramolecular Hbond substituents is 1. The molecule has 1 aromatic heterocycles. The molecule has 5 aromatic rings. The Labute approximate surface area is 375 Å². The van der Waals surface area contributed by atoms with E-state index in [9.17, 15) is 29.0 Å². The van der Waals surface area contributed by atoms with Gasteiger partial charge >= 0.3 is 0 Å². The van der Waals surface area contributed by atoms with Crippen molar-refractivity contribution in [2.24, 2.45) is 5.41 Å². The maximum Gasteiger partial charge on any atom is 0.246 e. The number of fused-ring (bicyclic) bond motifs is 1. The van der Waals surface area contributed by atoms with Crippen LogP contribution in [0.15, 0.2) is 91.0 Å². The molecule has 1 unspecified atom stereocenters. The number of nitrogens with zero attached hydrogens (tertiary/aromatic N) is 2. The highest BCUT2D eigenvalue weighted by Crippen LogP contribution is 2.47. The summed E-state index contributed by atoms with van der Waals surface area (Å²) in [4.78, 5) is 42.3. The van der Waals surface area contributed by atoms with Gasteiger partial charge in [-0.1, -0.05) is 45.0 Å². The smallest absolute Gasteiger partial charge is 0.246 e. The monoisotopic (exact) mass is 896 g/mol. The van der Waals surface area contributed by atoms with E-state index >= 15 is 0 Å². The number of aliphatic hydroxyl groups excluding tert-OH is 1. The van der Waals surface area contributed by atoms with Gasteiger partial charge in [0.05, 0.1) is 61.7 Å². The molecule has 3 amide bonds. The molecule has 0 bridgehead atoms. The normalized spacial score (nSPS) is 15.9. The molecule has 14 nitrogen and oxygen atoms in total. The van der Waals surface area contributed by atoms with Crippen LogP contribution in [0, 0.1) is 22.6 Å². The molecule has 4 N–H and O–H groups in total. The Bertz CT molecular complexity index is 2400. The van der Waals surface area contributed by atoms with E-state index in [1.807, 2.05) is 0 Å². The van der Waals surface area contributed by atoms with E-state index in [0.717, 1.165) is 26.1 Å². The van der Waals surface area contributed by atoms with Gasteiger partial charge in [0.15, 0.2) is 5.75 Å². The lowest BCUT2D eigenvalue weighted by Crippen LogP contribution is -2.58. The third-order valence-electron chi connectivity index (χ3n) is 10.4. The minimum absolute atomic E-state index is 0.0500. The molecule has 2 heterocycles. The fraction of sp³-hybridized carbons (Fsp3) is 0.375. The number of halogens is 1. The summed E-state index contributed by atoms with van der Waals surface area (Å²) in [5, 5.41) is 36.1. The number of ether oxygens (including phenoxy) is 5. The number of aromatic hydroxyl groups is 1. The highest BCUT2D eigenvalue weighted by molar-refractivity contribution is 7.22. The first-order valence-corrected chi connectivity index (χ1v) is 21.8. The number of hydrogen-bond donors (Lipinski definition) is 4. The van der Waals surface area contributed by atoms with Gasteiger partial charge in [0.1, 0.15) is 48.4 Å². The zero-order valence-electron chi connectivity index (χ0n) is 36.2. The summed E-state index contributed by atoms with van der Waals surface area (Å²) in [5.74, 6) is 0.207. The number of benzene rings is 4. The predicted octanol–water partition coefficient (Wildman–Crippen LogP) is 6.88. The van der Waals surface area contributed by atoms with Crippen molar-refractivity contribution in [1.29, 1.82) is 5.26 Å². The van der Waals surface area contributed by atoms with Crippen LogP contribution in [0.1, 0.15) is 51.3 Å². The van der Waals surface area contributed by atoms with E-state index in [-0.39, 0.29) is 44.4 Å². The third-order valence-corrected chi connectivity index (χ3v) is 11.6. The highest BCUT2D eigenvalue weighted by atomic mass is 32.1. The lowest BCUT2D eigenvalue weighted by Gasteiger charge is -2.35. The molecular weight excluding hydrogens is 844 g/mol. The quantitative estimate of drug-likeness (QED) is 0.0597. The van der Waals surface area contributed by atoms with Gasteiger partial charge in [-0.05, 0) is 90.2 Å². The Morgan fingerprint density at radius 3 is 2.17 bits per heavy atom. The van der Waals surface area contributed by atoms with Gasteiger partial charge in [-0.25, -0.2) is 4.39 Å². The number of thiophene rings is 1. The van der Waals surface area contributed by atoms with Gasteiger partial charge in [-0.15, -0.1) is 11.3 Å². The standard InChI is InChI=1S/C48H53FN4O10S/c1-30(32-7-5-31(27-50)6-8-32)51-46(57)40-25-36(55)28-53(40)47(58)45(48(2,3)4)52-42(56)29-61-22-21-59-19-20-60-23-24-62-37-14-16-38(17-15-37)63-43-39-18-13-35(54)26-41(39)64-44(43)33-9-11-34(49)12-10-33/h5-18,26,30,36,40,45,54-55H,19-25,28-29H2,1-4H3,(H,51,57)(H,52,56)/t30-,36+,40-,45?/m0/s1. The molecule has 4 atom stereocenters. The van der Waals surface area contributed by atoms with Crippen molar-refractivity contribution in [2.75, 3.05) is 52.8 Å². The predicted molar refractivity (Wildman–Crippen MR) is 239 cm³/mol. The summed E-state index contributed by atoms with van der Waals surface area (Å²) in [6, 6.07) is 25.0. The molecule has 1 aliphatic rings. The Hall–Kier alpha value is -6.09. The molecule has 338 valence electrons. The van der Waals surface area contributed by atoms with Crippen molar-refractivity contribution in [3.63, 3.8) is 0 Å².